The third-order valence-electron chi connectivity index (χ3n) is 3.84. The fraction of sp³-hybridized carbons (Fsp3) is 0.471. The summed E-state index contributed by atoms with van der Waals surface area (Å²) in [4.78, 5) is 12.9. The summed E-state index contributed by atoms with van der Waals surface area (Å²) in [6.45, 7) is 3.63. The van der Waals surface area contributed by atoms with Gasteiger partial charge in [0, 0.05) is 13.6 Å². The largest absolute Gasteiger partial charge is 0.496 e. The lowest BCUT2D eigenvalue weighted by atomic mass is 10.2. The Labute approximate surface area is 153 Å². The number of benzene rings is 1. The lowest BCUT2D eigenvalue weighted by Gasteiger charge is -2.13. The molecule has 8 heteroatoms. The van der Waals surface area contributed by atoms with E-state index in [9.17, 15) is 4.79 Å². The Kier molecular flexibility index (Phi) is 6.72. The van der Waals surface area contributed by atoms with Gasteiger partial charge in [-0.1, -0.05) is 19.1 Å². The van der Waals surface area contributed by atoms with Gasteiger partial charge in [0.2, 0.25) is 4.77 Å². The highest BCUT2D eigenvalue weighted by atomic mass is 32.1. The minimum atomic E-state index is 0.0340. The van der Waals surface area contributed by atoms with Crippen LogP contribution < -0.4 is 15.0 Å². The zero-order valence-electron chi connectivity index (χ0n) is 15.2. The SMILES string of the molecule is CCCNC(=O)C[NH+](C)Cn1nc(-c2ccccc2OC)n(C)c1=S. The number of nitrogens with one attached hydrogen (secondary N) is 2. The second-order valence-corrected chi connectivity index (χ2v) is 6.37. The first-order valence-corrected chi connectivity index (χ1v) is 8.74. The molecule has 0 saturated heterocycles. The van der Waals surface area contributed by atoms with Gasteiger partial charge in [0.15, 0.2) is 19.0 Å². The molecule has 0 bridgehead atoms. The quantitative estimate of drug-likeness (QED) is 0.674. The molecule has 1 unspecified atom stereocenters. The van der Waals surface area contributed by atoms with Gasteiger partial charge in [-0.2, -0.15) is 4.68 Å². The number of quaternary nitrogens is 1. The van der Waals surface area contributed by atoms with Crippen LogP contribution in [0.25, 0.3) is 11.4 Å². The van der Waals surface area contributed by atoms with Crippen molar-refractivity contribution in [3.05, 3.63) is 29.0 Å². The summed E-state index contributed by atoms with van der Waals surface area (Å²) in [5, 5.41) is 7.52. The number of hydrogen-bond donors (Lipinski definition) is 2. The maximum Gasteiger partial charge on any atom is 0.275 e. The summed E-state index contributed by atoms with van der Waals surface area (Å²) in [6, 6.07) is 7.71. The molecule has 1 amide bonds. The second-order valence-electron chi connectivity index (χ2n) is 6.01. The lowest BCUT2D eigenvalue weighted by molar-refractivity contribution is -0.895. The maximum atomic E-state index is 11.9. The molecule has 0 aliphatic carbocycles. The summed E-state index contributed by atoms with van der Waals surface area (Å²) in [5.41, 5.74) is 0.885. The highest BCUT2D eigenvalue weighted by molar-refractivity contribution is 7.71. The number of likely N-dealkylation sites (N-methyl/N-ethyl adjacent to an activating group) is 1. The minimum absolute atomic E-state index is 0.0340. The summed E-state index contributed by atoms with van der Waals surface area (Å²) in [7, 11) is 5.47. The van der Waals surface area contributed by atoms with Gasteiger partial charge in [0.1, 0.15) is 5.75 Å². The zero-order chi connectivity index (χ0) is 18.4. The molecule has 2 rings (SSSR count). The number of rotatable bonds is 8. The van der Waals surface area contributed by atoms with E-state index in [1.807, 2.05) is 49.9 Å². The Morgan fingerprint density at radius 1 is 1.40 bits per heavy atom. The number of amides is 1. The molecular weight excluding hydrogens is 338 g/mol. The van der Waals surface area contributed by atoms with E-state index in [4.69, 9.17) is 17.0 Å². The van der Waals surface area contributed by atoms with Gasteiger partial charge in [-0.25, -0.2) is 0 Å². The van der Waals surface area contributed by atoms with Crippen LogP contribution in [0.2, 0.25) is 0 Å². The smallest absolute Gasteiger partial charge is 0.275 e. The topological polar surface area (TPSA) is 65.5 Å². The average Bonchev–Trinajstić information content (AvgIpc) is 2.88. The molecule has 1 aromatic carbocycles. The standard InChI is InChI=1S/C17H25N5O2S/c1-5-10-18-15(23)11-20(2)12-22-17(25)21(3)16(19-22)13-8-6-7-9-14(13)24-4/h6-9H,5,10-12H2,1-4H3,(H,18,23)/p+1. The number of ether oxygens (including phenoxy) is 1. The van der Waals surface area contributed by atoms with Gasteiger partial charge < -0.3 is 19.5 Å². The Morgan fingerprint density at radius 2 is 2.12 bits per heavy atom. The van der Waals surface area contributed by atoms with Crippen molar-refractivity contribution in [3.8, 4) is 17.1 Å². The molecule has 0 fully saturated rings. The first-order valence-electron chi connectivity index (χ1n) is 8.33. The van der Waals surface area contributed by atoms with E-state index in [1.54, 1.807) is 11.8 Å². The van der Waals surface area contributed by atoms with Crippen LogP contribution in [0.1, 0.15) is 13.3 Å². The molecule has 25 heavy (non-hydrogen) atoms. The molecule has 0 aliphatic heterocycles. The Morgan fingerprint density at radius 3 is 2.80 bits per heavy atom. The van der Waals surface area contributed by atoms with Crippen molar-refractivity contribution >= 4 is 18.1 Å². The molecule has 2 aromatic rings. The average molecular weight is 364 g/mol. The third kappa shape index (κ3) is 4.67. The molecule has 0 aliphatic rings. The molecule has 7 nitrogen and oxygen atoms in total. The van der Waals surface area contributed by atoms with Gasteiger partial charge in [-0.15, -0.1) is 5.10 Å². The molecule has 1 heterocycles. The van der Waals surface area contributed by atoms with E-state index < -0.39 is 0 Å². The number of hydrogen-bond acceptors (Lipinski definition) is 4. The van der Waals surface area contributed by atoms with E-state index in [1.165, 1.54) is 0 Å². The van der Waals surface area contributed by atoms with Crippen LogP contribution in [0, 0.1) is 4.77 Å². The van der Waals surface area contributed by atoms with Crippen LogP contribution in [-0.4, -0.2) is 47.5 Å². The van der Waals surface area contributed by atoms with Crippen molar-refractivity contribution in [3.63, 3.8) is 0 Å². The number of carbonyl (C=O) groups is 1. The summed E-state index contributed by atoms with van der Waals surface area (Å²) < 4.78 is 9.63. The van der Waals surface area contributed by atoms with Crippen LogP contribution >= 0.6 is 12.2 Å². The molecule has 2 N–H and O–H groups in total. The highest BCUT2D eigenvalue weighted by Gasteiger charge is 2.17. The first-order chi connectivity index (χ1) is 12.0. The van der Waals surface area contributed by atoms with E-state index in [-0.39, 0.29) is 5.91 Å². The van der Waals surface area contributed by atoms with Gasteiger partial charge in [0.25, 0.3) is 5.91 Å². The summed E-state index contributed by atoms with van der Waals surface area (Å²) in [5.74, 6) is 1.52. The second kappa shape index (κ2) is 8.77. The number of methoxy groups -OCH3 is 1. The Hall–Kier alpha value is -2.19. The number of nitrogens with zero attached hydrogens (tertiary/aromatic N) is 3. The highest BCUT2D eigenvalue weighted by Crippen LogP contribution is 2.27. The van der Waals surface area contributed by atoms with E-state index in [2.05, 4.69) is 10.4 Å². The van der Waals surface area contributed by atoms with E-state index in [0.717, 1.165) is 28.5 Å². The molecule has 0 spiro atoms. The van der Waals surface area contributed by atoms with Crippen molar-refractivity contribution in [2.45, 2.75) is 20.0 Å². The molecule has 0 radical (unpaired) electrons. The normalized spacial score (nSPS) is 12.0. The molecular formula is C17H26N5O2S+. The predicted molar refractivity (Wildman–Crippen MR) is 99.1 cm³/mol. The van der Waals surface area contributed by atoms with Crippen LogP contribution in [-0.2, 0) is 18.5 Å². The van der Waals surface area contributed by atoms with Crippen molar-refractivity contribution in [1.82, 2.24) is 19.7 Å². The van der Waals surface area contributed by atoms with E-state index in [0.29, 0.717) is 24.5 Å². The van der Waals surface area contributed by atoms with Gasteiger partial charge in [0.05, 0.1) is 19.7 Å². The zero-order valence-corrected chi connectivity index (χ0v) is 16.0. The summed E-state index contributed by atoms with van der Waals surface area (Å²) >= 11 is 5.50. The fourth-order valence-electron chi connectivity index (χ4n) is 2.57. The molecule has 1 atom stereocenters. The van der Waals surface area contributed by atoms with Gasteiger partial charge in [-0.05, 0) is 30.8 Å². The number of aromatic nitrogens is 3. The predicted octanol–water partition coefficient (Wildman–Crippen LogP) is 0.625. The van der Waals surface area contributed by atoms with Crippen molar-refractivity contribution in [2.75, 3.05) is 27.2 Å². The lowest BCUT2D eigenvalue weighted by Crippen LogP contribution is -3.09. The molecule has 136 valence electrons. The van der Waals surface area contributed by atoms with Crippen LogP contribution in [0.4, 0.5) is 0 Å². The van der Waals surface area contributed by atoms with Crippen molar-refractivity contribution in [1.29, 1.82) is 0 Å². The number of para-hydroxylation sites is 1. The Bertz CT molecular complexity index is 784. The first kappa shape index (κ1) is 19.1. The maximum absolute atomic E-state index is 11.9. The van der Waals surface area contributed by atoms with Crippen LogP contribution in [0.3, 0.4) is 0 Å². The van der Waals surface area contributed by atoms with Crippen molar-refractivity contribution < 1.29 is 14.4 Å². The van der Waals surface area contributed by atoms with Crippen LogP contribution in [0.15, 0.2) is 24.3 Å². The summed E-state index contributed by atoms with van der Waals surface area (Å²) in [6.07, 6.45) is 0.929. The molecule has 0 saturated carbocycles. The third-order valence-corrected chi connectivity index (χ3v) is 4.33. The van der Waals surface area contributed by atoms with Gasteiger partial charge >= 0.3 is 0 Å². The monoisotopic (exact) mass is 364 g/mol. The number of carbonyl (C=O) groups excluding carboxylic acids is 1. The minimum Gasteiger partial charge on any atom is -0.496 e. The van der Waals surface area contributed by atoms with Gasteiger partial charge in [-0.3, -0.25) is 4.79 Å². The Balaban J connectivity index is 2.18. The van der Waals surface area contributed by atoms with Crippen LogP contribution in [0.5, 0.6) is 5.75 Å². The van der Waals surface area contributed by atoms with Crippen molar-refractivity contribution in [2.24, 2.45) is 7.05 Å². The fourth-order valence-corrected chi connectivity index (χ4v) is 2.76. The molecule has 1 aromatic heterocycles. The van der Waals surface area contributed by atoms with E-state index >= 15 is 0 Å².